The van der Waals surface area contributed by atoms with Crippen molar-refractivity contribution in [3.05, 3.63) is 69.1 Å². The van der Waals surface area contributed by atoms with E-state index < -0.39 is 0 Å². The minimum Gasteiger partial charge on any atom is -0.461 e. The van der Waals surface area contributed by atoms with E-state index in [0.717, 1.165) is 31.2 Å². The number of thiophene rings is 1. The molecule has 1 amide bonds. The molecule has 1 aliphatic carbocycles. The summed E-state index contributed by atoms with van der Waals surface area (Å²) < 4.78 is 5.86. The van der Waals surface area contributed by atoms with Crippen molar-refractivity contribution >= 4 is 28.8 Å². The van der Waals surface area contributed by atoms with Gasteiger partial charge in [-0.15, -0.1) is 11.3 Å². The second-order valence-electron chi connectivity index (χ2n) is 8.60. The summed E-state index contributed by atoms with van der Waals surface area (Å²) in [5.41, 5.74) is 1.52. The van der Waals surface area contributed by atoms with E-state index in [1.54, 1.807) is 0 Å². The smallest absolute Gasteiger partial charge is 0.255 e. The van der Waals surface area contributed by atoms with Gasteiger partial charge in [0.1, 0.15) is 11.5 Å². The lowest BCUT2D eigenvalue weighted by Crippen LogP contribution is -2.39. The van der Waals surface area contributed by atoms with Gasteiger partial charge in [0.15, 0.2) is 0 Å². The summed E-state index contributed by atoms with van der Waals surface area (Å²) in [5, 5.41) is 6.08. The number of furan rings is 1. The van der Waals surface area contributed by atoms with E-state index in [-0.39, 0.29) is 11.9 Å². The van der Waals surface area contributed by atoms with Crippen molar-refractivity contribution < 1.29 is 9.21 Å². The lowest BCUT2D eigenvalue weighted by atomic mass is 9.80. The van der Waals surface area contributed by atoms with Crippen molar-refractivity contribution in [3.63, 3.8) is 0 Å². The number of carbonyl (C=O) groups excluding carboxylic acids is 1. The van der Waals surface area contributed by atoms with Crippen LogP contribution < -0.4 is 5.32 Å². The number of nitrogens with zero attached hydrogens (tertiary/aromatic N) is 1. The fourth-order valence-electron chi connectivity index (χ4n) is 4.67. The first-order valence-corrected chi connectivity index (χ1v) is 12.0. The third-order valence-corrected chi connectivity index (χ3v) is 7.43. The average Bonchev–Trinajstić information content (AvgIpc) is 3.40. The normalized spacial score (nSPS) is 20.0. The summed E-state index contributed by atoms with van der Waals surface area (Å²) in [5.74, 6) is 1.90. The van der Waals surface area contributed by atoms with E-state index in [0.29, 0.717) is 34.1 Å². The third-order valence-electron chi connectivity index (χ3n) is 6.24. The molecule has 1 saturated carbocycles. The molecular weight excluding hydrogens is 428 g/mol. The zero-order valence-corrected chi connectivity index (χ0v) is 19.8. The lowest BCUT2D eigenvalue weighted by Gasteiger charge is -2.37. The van der Waals surface area contributed by atoms with Crippen LogP contribution in [0, 0.1) is 12.8 Å². The number of nitrogens with one attached hydrogen (secondary N) is 1. The third kappa shape index (κ3) is 5.05. The quantitative estimate of drug-likeness (QED) is 0.456. The Balaban J connectivity index is 1.38. The first kappa shape index (κ1) is 22.1. The van der Waals surface area contributed by atoms with Gasteiger partial charge in [0.2, 0.25) is 0 Å². The molecule has 1 unspecified atom stereocenters. The molecule has 1 fully saturated rings. The van der Waals surface area contributed by atoms with Gasteiger partial charge in [-0.2, -0.15) is 0 Å². The molecule has 0 radical (unpaired) electrons. The maximum atomic E-state index is 12.9. The summed E-state index contributed by atoms with van der Waals surface area (Å²) in [7, 11) is 4.33. The molecule has 0 aliphatic heterocycles. The molecule has 31 heavy (non-hydrogen) atoms. The Morgan fingerprint density at radius 2 is 1.87 bits per heavy atom. The second-order valence-corrected chi connectivity index (χ2v) is 10.0. The van der Waals surface area contributed by atoms with Crippen molar-refractivity contribution in [1.82, 2.24) is 10.2 Å². The Labute approximate surface area is 193 Å². The number of rotatable bonds is 6. The highest BCUT2D eigenvalue weighted by Crippen LogP contribution is 2.39. The largest absolute Gasteiger partial charge is 0.461 e. The van der Waals surface area contributed by atoms with E-state index in [2.05, 4.69) is 41.8 Å². The van der Waals surface area contributed by atoms with Crippen LogP contribution in [0.2, 0.25) is 5.02 Å². The van der Waals surface area contributed by atoms with E-state index in [1.807, 2.05) is 48.6 Å². The average molecular weight is 457 g/mol. The molecule has 3 aromatic rings. The number of amides is 1. The van der Waals surface area contributed by atoms with E-state index >= 15 is 0 Å². The Morgan fingerprint density at radius 1 is 1.16 bits per heavy atom. The number of aryl methyl sites for hydroxylation is 1. The van der Waals surface area contributed by atoms with Crippen LogP contribution in [0.4, 0.5) is 0 Å². The summed E-state index contributed by atoms with van der Waals surface area (Å²) >= 11 is 7.81. The van der Waals surface area contributed by atoms with Crippen molar-refractivity contribution in [2.45, 2.75) is 44.7 Å². The predicted molar refractivity (Wildman–Crippen MR) is 128 cm³/mol. The van der Waals surface area contributed by atoms with Crippen molar-refractivity contribution in [2.75, 3.05) is 14.1 Å². The molecule has 0 spiro atoms. The molecular formula is C25H29ClN2O2S. The molecule has 0 saturated heterocycles. The monoisotopic (exact) mass is 456 g/mol. The van der Waals surface area contributed by atoms with Gasteiger partial charge in [0.25, 0.3) is 5.91 Å². The molecule has 6 heteroatoms. The van der Waals surface area contributed by atoms with Crippen LogP contribution in [-0.4, -0.2) is 30.9 Å². The van der Waals surface area contributed by atoms with Crippen LogP contribution in [0.25, 0.3) is 11.3 Å². The summed E-state index contributed by atoms with van der Waals surface area (Å²) in [6.45, 7) is 1.84. The highest BCUT2D eigenvalue weighted by Gasteiger charge is 2.31. The van der Waals surface area contributed by atoms with Crippen molar-refractivity contribution in [2.24, 2.45) is 5.92 Å². The topological polar surface area (TPSA) is 45.5 Å². The number of hydrogen-bond acceptors (Lipinski definition) is 4. The van der Waals surface area contributed by atoms with Crippen LogP contribution in [0.5, 0.6) is 0 Å². The number of carbonyl (C=O) groups is 1. The van der Waals surface area contributed by atoms with Gasteiger partial charge in [-0.05, 0) is 94.4 Å². The molecule has 0 bridgehead atoms. The number of halogens is 1. The standard InChI is InChI=1S/C25H29ClN2O2S/c1-16-21(15-22(30-16)17-6-10-19(26)11-7-17)25(29)27-20-12-8-18(9-13-20)24(28(2)3)23-5-4-14-31-23/h4-7,10-11,14-15,18,20,24H,8-9,12-13H2,1-3H3,(H,27,29). The van der Waals surface area contributed by atoms with Gasteiger partial charge < -0.3 is 14.6 Å². The van der Waals surface area contributed by atoms with E-state index in [4.69, 9.17) is 16.0 Å². The molecule has 2 aromatic heterocycles. The fourth-order valence-corrected chi connectivity index (χ4v) is 5.81. The Morgan fingerprint density at radius 3 is 2.48 bits per heavy atom. The van der Waals surface area contributed by atoms with Crippen LogP contribution >= 0.6 is 22.9 Å². The van der Waals surface area contributed by atoms with Gasteiger partial charge in [-0.3, -0.25) is 4.79 Å². The van der Waals surface area contributed by atoms with Gasteiger partial charge in [-0.1, -0.05) is 17.7 Å². The zero-order chi connectivity index (χ0) is 22.0. The minimum absolute atomic E-state index is 0.0488. The molecule has 1 aromatic carbocycles. The maximum absolute atomic E-state index is 12.9. The fraction of sp³-hybridized carbons (Fsp3) is 0.400. The van der Waals surface area contributed by atoms with Crippen LogP contribution in [0.3, 0.4) is 0 Å². The molecule has 1 aliphatic rings. The molecule has 2 heterocycles. The lowest BCUT2D eigenvalue weighted by molar-refractivity contribution is 0.0906. The van der Waals surface area contributed by atoms with Crippen molar-refractivity contribution in [3.8, 4) is 11.3 Å². The van der Waals surface area contributed by atoms with Crippen LogP contribution in [0.15, 0.2) is 52.3 Å². The highest BCUT2D eigenvalue weighted by molar-refractivity contribution is 7.10. The number of benzene rings is 1. The van der Waals surface area contributed by atoms with Gasteiger partial charge in [0, 0.05) is 27.5 Å². The zero-order valence-electron chi connectivity index (χ0n) is 18.2. The Hall–Kier alpha value is -2.08. The van der Waals surface area contributed by atoms with E-state index in [1.165, 1.54) is 4.88 Å². The minimum atomic E-state index is -0.0488. The first-order valence-electron chi connectivity index (χ1n) is 10.8. The summed E-state index contributed by atoms with van der Waals surface area (Å²) in [6.07, 6.45) is 4.25. The molecule has 4 nitrogen and oxygen atoms in total. The van der Waals surface area contributed by atoms with Gasteiger partial charge in [-0.25, -0.2) is 0 Å². The maximum Gasteiger partial charge on any atom is 0.255 e. The SMILES string of the molecule is Cc1oc(-c2ccc(Cl)cc2)cc1C(=O)NC1CCC(C(c2cccs2)N(C)C)CC1. The first-order chi connectivity index (χ1) is 14.9. The summed E-state index contributed by atoms with van der Waals surface area (Å²) in [4.78, 5) is 16.7. The van der Waals surface area contributed by atoms with Crippen molar-refractivity contribution in [1.29, 1.82) is 0 Å². The second kappa shape index (κ2) is 9.60. The van der Waals surface area contributed by atoms with Crippen LogP contribution in [-0.2, 0) is 0 Å². The highest BCUT2D eigenvalue weighted by atomic mass is 35.5. The summed E-state index contributed by atoms with van der Waals surface area (Å²) in [6, 6.07) is 14.3. The van der Waals surface area contributed by atoms with Gasteiger partial charge >= 0.3 is 0 Å². The van der Waals surface area contributed by atoms with Gasteiger partial charge in [0.05, 0.1) is 5.56 Å². The Bertz CT molecular complexity index is 1000. The molecule has 4 rings (SSSR count). The Kier molecular flexibility index (Phi) is 6.85. The molecule has 1 atom stereocenters. The van der Waals surface area contributed by atoms with Crippen LogP contribution in [0.1, 0.15) is 52.7 Å². The molecule has 1 N–H and O–H groups in total. The van der Waals surface area contributed by atoms with E-state index in [9.17, 15) is 4.79 Å². The molecule has 164 valence electrons. The number of hydrogen-bond donors (Lipinski definition) is 1. The predicted octanol–water partition coefficient (Wildman–Crippen LogP) is 6.56.